The van der Waals surface area contributed by atoms with Gasteiger partial charge in [-0.05, 0) is 82.4 Å². The summed E-state index contributed by atoms with van der Waals surface area (Å²) in [4.78, 5) is 39.3. The first-order chi connectivity index (χ1) is 16.8. The van der Waals surface area contributed by atoms with Gasteiger partial charge in [0.25, 0.3) is 11.8 Å². The minimum absolute atomic E-state index is 0.171. The minimum Gasteiger partial charge on any atom is -0.493 e. The fourth-order valence-corrected chi connectivity index (χ4v) is 4.41. The number of barbiturate groups is 1. The molecule has 0 unspecified atom stereocenters. The van der Waals surface area contributed by atoms with Crippen molar-refractivity contribution in [3.05, 3.63) is 93.0 Å². The summed E-state index contributed by atoms with van der Waals surface area (Å²) in [5, 5.41) is 2.25. The first kappa shape index (κ1) is 24.2. The third-order valence-electron chi connectivity index (χ3n) is 5.36. The molecule has 4 amide bonds. The number of hydrogen-bond acceptors (Lipinski definition) is 5. The molecular formula is C27H23BrN2O5. The van der Waals surface area contributed by atoms with E-state index in [2.05, 4.69) is 21.2 Å². The van der Waals surface area contributed by atoms with E-state index >= 15 is 0 Å². The predicted molar refractivity (Wildman–Crippen MR) is 136 cm³/mol. The SMILES string of the molecule is COc1cc(/C=C2/C(=O)NC(=O)N(c3cc(C)cc(C)c3)C2=O)cc(Br)c1OCc1ccccc1. The summed E-state index contributed by atoms with van der Waals surface area (Å²) in [5.74, 6) is -0.554. The van der Waals surface area contributed by atoms with Crippen molar-refractivity contribution < 1.29 is 23.9 Å². The molecule has 0 spiro atoms. The van der Waals surface area contributed by atoms with E-state index in [4.69, 9.17) is 9.47 Å². The molecule has 1 heterocycles. The van der Waals surface area contributed by atoms with Crippen LogP contribution in [0.1, 0.15) is 22.3 Å². The summed E-state index contributed by atoms with van der Waals surface area (Å²) in [6.45, 7) is 4.08. The molecule has 0 atom stereocenters. The van der Waals surface area contributed by atoms with Crippen LogP contribution in [-0.4, -0.2) is 25.0 Å². The number of imide groups is 2. The molecule has 4 rings (SSSR count). The Bertz CT molecular complexity index is 1330. The monoisotopic (exact) mass is 534 g/mol. The number of benzene rings is 3. The lowest BCUT2D eigenvalue weighted by Crippen LogP contribution is -2.54. The fourth-order valence-electron chi connectivity index (χ4n) is 3.83. The molecule has 0 aromatic heterocycles. The van der Waals surface area contributed by atoms with E-state index in [1.807, 2.05) is 50.2 Å². The van der Waals surface area contributed by atoms with Gasteiger partial charge in [0, 0.05) is 0 Å². The van der Waals surface area contributed by atoms with Gasteiger partial charge in [-0.1, -0.05) is 36.4 Å². The number of urea groups is 1. The number of amides is 4. The number of nitrogens with one attached hydrogen (secondary N) is 1. The van der Waals surface area contributed by atoms with Crippen molar-refractivity contribution in [3.63, 3.8) is 0 Å². The van der Waals surface area contributed by atoms with Gasteiger partial charge in [-0.25, -0.2) is 9.69 Å². The molecule has 35 heavy (non-hydrogen) atoms. The summed E-state index contributed by atoms with van der Waals surface area (Å²) in [5.41, 5.74) is 3.52. The first-order valence-electron chi connectivity index (χ1n) is 10.8. The molecule has 178 valence electrons. The predicted octanol–water partition coefficient (Wildman–Crippen LogP) is 5.32. The third-order valence-corrected chi connectivity index (χ3v) is 5.94. The smallest absolute Gasteiger partial charge is 0.335 e. The molecule has 1 fully saturated rings. The Labute approximate surface area is 211 Å². The summed E-state index contributed by atoms with van der Waals surface area (Å²) in [7, 11) is 1.51. The molecule has 1 aliphatic heterocycles. The van der Waals surface area contributed by atoms with E-state index < -0.39 is 17.8 Å². The van der Waals surface area contributed by atoms with Crippen LogP contribution in [0, 0.1) is 13.8 Å². The van der Waals surface area contributed by atoms with Crippen molar-refractivity contribution in [2.45, 2.75) is 20.5 Å². The number of carbonyl (C=O) groups excluding carboxylic acids is 3. The van der Waals surface area contributed by atoms with Gasteiger partial charge in [0.2, 0.25) is 0 Å². The first-order valence-corrected chi connectivity index (χ1v) is 11.6. The standard InChI is InChI=1S/C27H23BrN2O5/c1-16-9-17(2)11-20(10-16)30-26(32)21(25(31)29-27(30)33)12-19-13-22(28)24(23(14-19)34-3)35-15-18-7-5-4-6-8-18/h4-14H,15H2,1-3H3,(H,29,31,33)/b21-12-. The van der Waals surface area contributed by atoms with Crippen LogP contribution in [0.2, 0.25) is 0 Å². The van der Waals surface area contributed by atoms with Gasteiger partial charge in [0.05, 0.1) is 17.3 Å². The number of aryl methyl sites for hydroxylation is 2. The molecule has 0 bridgehead atoms. The molecule has 3 aromatic carbocycles. The molecule has 3 aromatic rings. The van der Waals surface area contributed by atoms with Crippen LogP contribution in [0.4, 0.5) is 10.5 Å². The summed E-state index contributed by atoms with van der Waals surface area (Å²) < 4.78 is 12.0. The zero-order valence-electron chi connectivity index (χ0n) is 19.4. The largest absolute Gasteiger partial charge is 0.493 e. The van der Waals surface area contributed by atoms with Crippen molar-refractivity contribution in [1.82, 2.24) is 5.32 Å². The lowest BCUT2D eigenvalue weighted by Gasteiger charge is -2.27. The zero-order chi connectivity index (χ0) is 25.1. The van der Waals surface area contributed by atoms with Crippen molar-refractivity contribution >= 4 is 45.5 Å². The summed E-state index contributed by atoms with van der Waals surface area (Å²) >= 11 is 3.50. The van der Waals surface area contributed by atoms with E-state index in [1.165, 1.54) is 13.2 Å². The van der Waals surface area contributed by atoms with Crippen LogP contribution < -0.4 is 19.7 Å². The van der Waals surface area contributed by atoms with Crippen LogP contribution in [0.3, 0.4) is 0 Å². The van der Waals surface area contributed by atoms with E-state index in [0.29, 0.717) is 33.8 Å². The maximum absolute atomic E-state index is 13.2. The van der Waals surface area contributed by atoms with Crippen molar-refractivity contribution in [2.24, 2.45) is 0 Å². The number of carbonyl (C=O) groups is 3. The summed E-state index contributed by atoms with van der Waals surface area (Å²) in [6.07, 6.45) is 1.42. The third kappa shape index (κ3) is 5.27. The van der Waals surface area contributed by atoms with Crippen molar-refractivity contribution in [2.75, 3.05) is 12.0 Å². The highest BCUT2D eigenvalue weighted by atomic mass is 79.9. The lowest BCUT2D eigenvalue weighted by molar-refractivity contribution is -0.122. The van der Waals surface area contributed by atoms with Gasteiger partial charge in [-0.2, -0.15) is 0 Å². The van der Waals surface area contributed by atoms with Crippen LogP contribution in [0.25, 0.3) is 6.08 Å². The van der Waals surface area contributed by atoms with Gasteiger partial charge in [-0.15, -0.1) is 0 Å². The Morgan fingerprint density at radius 3 is 2.31 bits per heavy atom. The van der Waals surface area contributed by atoms with E-state index in [0.717, 1.165) is 21.6 Å². The maximum Gasteiger partial charge on any atom is 0.335 e. The molecular weight excluding hydrogens is 512 g/mol. The zero-order valence-corrected chi connectivity index (χ0v) is 21.0. The number of anilines is 1. The summed E-state index contributed by atoms with van der Waals surface area (Å²) in [6, 6.07) is 17.7. The second-order valence-electron chi connectivity index (χ2n) is 8.11. The number of nitrogens with zero attached hydrogens (tertiary/aromatic N) is 1. The normalized spacial score (nSPS) is 14.8. The van der Waals surface area contributed by atoms with Gasteiger partial charge >= 0.3 is 6.03 Å². The number of methoxy groups -OCH3 is 1. The fraction of sp³-hybridized carbons (Fsp3) is 0.148. The second kappa shape index (κ2) is 10.1. The molecule has 1 N–H and O–H groups in total. The van der Waals surface area contributed by atoms with E-state index in [1.54, 1.807) is 24.3 Å². The Hall–Kier alpha value is -3.91. The van der Waals surface area contributed by atoms with Crippen LogP contribution in [0.5, 0.6) is 11.5 Å². The average Bonchev–Trinajstić information content (AvgIpc) is 2.80. The van der Waals surface area contributed by atoms with E-state index in [-0.39, 0.29) is 5.57 Å². The van der Waals surface area contributed by atoms with E-state index in [9.17, 15) is 14.4 Å². The number of ether oxygens (including phenoxy) is 2. The molecule has 8 heteroatoms. The molecule has 1 aliphatic rings. The van der Waals surface area contributed by atoms with Gasteiger partial charge in [0.15, 0.2) is 11.5 Å². The number of rotatable bonds is 6. The van der Waals surface area contributed by atoms with Crippen molar-refractivity contribution in [1.29, 1.82) is 0 Å². The molecule has 7 nitrogen and oxygen atoms in total. The molecule has 0 aliphatic carbocycles. The molecule has 0 saturated carbocycles. The Kier molecular flexibility index (Phi) is 7.02. The number of halogens is 1. The topological polar surface area (TPSA) is 84.9 Å². The molecule has 1 saturated heterocycles. The highest BCUT2D eigenvalue weighted by Crippen LogP contribution is 2.38. The van der Waals surface area contributed by atoms with Gasteiger partial charge < -0.3 is 9.47 Å². The van der Waals surface area contributed by atoms with Gasteiger partial charge in [-0.3, -0.25) is 14.9 Å². The molecule has 0 radical (unpaired) electrons. The Balaban J connectivity index is 1.66. The van der Waals surface area contributed by atoms with Crippen LogP contribution in [-0.2, 0) is 16.2 Å². The lowest BCUT2D eigenvalue weighted by atomic mass is 10.0. The minimum atomic E-state index is -0.787. The quantitative estimate of drug-likeness (QED) is 0.341. The highest BCUT2D eigenvalue weighted by molar-refractivity contribution is 9.10. The van der Waals surface area contributed by atoms with Crippen molar-refractivity contribution in [3.8, 4) is 11.5 Å². The highest BCUT2D eigenvalue weighted by Gasteiger charge is 2.37. The van der Waals surface area contributed by atoms with Crippen LogP contribution >= 0.6 is 15.9 Å². The maximum atomic E-state index is 13.2. The van der Waals surface area contributed by atoms with Gasteiger partial charge in [0.1, 0.15) is 12.2 Å². The second-order valence-corrected chi connectivity index (χ2v) is 8.97. The average molecular weight is 535 g/mol. The number of hydrogen-bond donors (Lipinski definition) is 1. The van der Waals surface area contributed by atoms with Crippen LogP contribution in [0.15, 0.2) is 70.7 Å². The Morgan fingerprint density at radius 2 is 1.66 bits per heavy atom. The Morgan fingerprint density at radius 1 is 0.971 bits per heavy atom.